The van der Waals surface area contributed by atoms with E-state index in [0.717, 1.165) is 22.3 Å². The van der Waals surface area contributed by atoms with Crippen molar-refractivity contribution in [2.45, 2.75) is 37.7 Å². The van der Waals surface area contributed by atoms with Crippen LogP contribution in [0.5, 0.6) is 5.75 Å². The van der Waals surface area contributed by atoms with Gasteiger partial charge in [-0.05, 0) is 40.3 Å². The van der Waals surface area contributed by atoms with Gasteiger partial charge in [0.1, 0.15) is 17.5 Å². The second-order valence-electron chi connectivity index (χ2n) is 12.1. The Hall–Kier alpha value is -5.54. The van der Waals surface area contributed by atoms with Crippen molar-refractivity contribution in [1.29, 1.82) is 0 Å². The van der Waals surface area contributed by atoms with Gasteiger partial charge >= 0.3 is 5.97 Å². The first-order valence-electron chi connectivity index (χ1n) is 16.0. The number of nitrogens with two attached hydrogens (primary N) is 1. The summed E-state index contributed by atoms with van der Waals surface area (Å²) in [5, 5.41) is 30.9. The lowest BCUT2D eigenvalue weighted by atomic mass is 9.76. The largest absolute Gasteiger partial charge is 0.479 e. The monoisotopic (exact) mass is 656 g/mol. The normalized spacial score (nSPS) is 12.6. The molecule has 0 aliphatic rings. The summed E-state index contributed by atoms with van der Waals surface area (Å²) in [6.45, 7) is 4.06. The van der Waals surface area contributed by atoms with Gasteiger partial charge in [-0.3, -0.25) is 4.79 Å². The first-order chi connectivity index (χ1) is 23.6. The Kier molecular flexibility index (Phi) is 11.1. The van der Waals surface area contributed by atoms with Crippen LogP contribution in [0.15, 0.2) is 150 Å². The lowest BCUT2D eigenvalue weighted by molar-refractivity contribution is -0.146. The molecule has 1 heterocycles. The highest BCUT2D eigenvalue weighted by atomic mass is 16.5. The molecule has 250 valence electrons. The fourth-order valence-electron chi connectivity index (χ4n) is 5.85. The Balaban J connectivity index is 0.000000212. The molecule has 0 fully saturated rings. The van der Waals surface area contributed by atoms with Gasteiger partial charge in [0.2, 0.25) is 5.56 Å². The minimum absolute atomic E-state index is 0.172. The topological polar surface area (TPSA) is 146 Å². The summed E-state index contributed by atoms with van der Waals surface area (Å²) in [6.07, 6.45) is -2.17. The number of hydrogen-bond acceptors (Lipinski definition) is 6. The number of aromatic amines is 1. The maximum atomic E-state index is 12.0. The predicted molar refractivity (Wildman–Crippen MR) is 191 cm³/mol. The number of aliphatic hydroxyl groups excluding tert-OH is 1. The lowest BCUT2D eigenvalue weighted by Crippen LogP contribution is -2.49. The third-order valence-electron chi connectivity index (χ3n) is 8.50. The summed E-state index contributed by atoms with van der Waals surface area (Å²) in [6, 6.07) is 44.1. The maximum Gasteiger partial charge on any atom is 0.337 e. The van der Waals surface area contributed by atoms with E-state index in [1.54, 1.807) is 6.07 Å². The Morgan fingerprint density at radius 3 is 1.63 bits per heavy atom. The maximum absolute atomic E-state index is 12.0. The van der Waals surface area contributed by atoms with Gasteiger partial charge in [0, 0.05) is 23.1 Å². The van der Waals surface area contributed by atoms with Gasteiger partial charge in [0.15, 0.2) is 6.10 Å². The molecule has 0 bridgehead atoms. The quantitative estimate of drug-likeness (QED) is 0.110. The number of ether oxygens (including phenoxy) is 1. The molecule has 0 spiro atoms. The van der Waals surface area contributed by atoms with Crippen LogP contribution in [-0.4, -0.2) is 32.3 Å². The fourth-order valence-corrected chi connectivity index (χ4v) is 5.85. The van der Waals surface area contributed by atoms with Gasteiger partial charge in [0.05, 0.1) is 5.52 Å². The summed E-state index contributed by atoms with van der Waals surface area (Å²) in [5.41, 5.74) is 8.82. The van der Waals surface area contributed by atoms with Crippen molar-refractivity contribution in [3.8, 4) is 5.75 Å². The number of aromatic nitrogens is 1. The molecule has 0 aliphatic heterocycles. The van der Waals surface area contributed by atoms with Crippen LogP contribution in [0.1, 0.15) is 53.9 Å². The van der Waals surface area contributed by atoms with Crippen LogP contribution in [-0.2, 0) is 10.4 Å². The number of carboxylic acids is 1. The first-order valence-corrected chi connectivity index (χ1v) is 16.0. The van der Waals surface area contributed by atoms with E-state index < -0.39 is 23.8 Å². The SMILES string of the molecule is CC(C)[C@@H](N)C(O)(c1ccccc1)c1ccccc1.O=C(O)C(O)c1ccc(OC(c2ccccc2)c2ccccc2)c2[nH]c(=O)ccc12. The van der Waals surface area contributed by atoms with E-state index in [1.807, 2.05) is 135 Å². The molecule has 0 amide bonds. The Labute approximate surface area is 285 Å². The number of hydrogen-bond donors (Lipinski definition) is 5. The van der Waals surface area contributed by atoms with Crippen molar-refractivity contribution < 1.29 is 24.9 Å². The van der Waals surface area contributed by atoms with Crippen LogP contribution in [0.2, 0.25) is 0 Å². The van der Waals surface area contributed by atoms with Crippen LogP contribution in [0.4, 0.5) is 0 Å². The summed E-state index contributed by atoms with van der Waals surface area (Å²) in [5.74, 6) is -0.824. The smallest absolute Gasteiger partial charge is 0.337 e. The third kappa shape index (κ3) is 7.79. The average molecular weight is 657 g/mol. The van der Waals surface area contributed by atoms with Gasteiger partial charge in [-0.25, -0.2) is 4.79 Å². The predicted octanol–water partition coefficient (Wildman–Crippen LogP) is 6.72. The molecule has 6 N–H and O–H groups in total. The van der Waals surface area contributed by atoms with Crippen molar-refractivity contribution in [1.82, 2.24) is 4.98 Å². The van der Waals surface area contributed by atoms with Crippen molar-refractivity contribution in [3.05, 3.63) is 184 Å². The van der Waals surface area contributed by atoms with E-state index in [9.17, 15) is 24.9 Å². The van der Waals surface area contributed by atoms with Crippen LogP contribution in [0.3, 0.4) is 0 Å². The van der Waals surface area contributed by atoms with E-state index >= 15 is 0 Å². The second-order valence-corrected chi connectivity index (χ2v) is 12.1. The number of nitrogens with one attached hydrogen (secondary N) is 1. The number of aliphatic carboxylic acids is 1. The van der Waals surface area contributed by atoms with Gasteiger partial charge in [-0.15, -0.1) is 0 Å². The van der Waals surface area contributed by atoms with Crippen LogP contribution < -0.4 is 16.0 Å². The molecule has 0 saturated heterocycles. The second kappa shape index (κ2) is 15.6. The van der Waals surface area contributed by atoms with Crippen molar-refractivity contribution >= 4 is 16.9 Å². The zero-order valence-electron chi connectivity index (χ0n) is 27.3. The molecule has 49 heavy (non-hydrogen) atoms. The summed E-state index contributed by atoms with van der Waals surface area (Å²) < 4.78 is 6.35. The van der Waals surface area contributed by atoms with E-state index in [1.165, 1.54) is 18.2 Å². The third-order valence-corrected chi connectivity index (χ3v) is 8.50. The van der Waals surface area contributed by atoms with E-state index in [4.69, 9.17) is 10.5 Å². The highest BCUT2D eigenvalue weighted by Gasteiger charge is 2.39. The molecule has 6 aromatic rings. The lowest BCUT2D eigenvalue weighted by Gasteiger charge is -2.37. The molecule has 8 heteroatoms. The summed E-state index contributed by atoms with van der Waals surface area (Å²) in [7, 11) is 0. The molecule has 2 atom stereocenters. The number of carboxylic acid groups (broad SMARTS) is 1. The number of fused-ring (bicyclic) bond motifs is 1. The van der Waals surface area contributed by atoms with Crippen molar-refractivity contribution in [3.63, 3.8) is 0 Å². The molecule has 0 radical (unpaired) electrons. The van der Waals surface area contributed by atoms with Crippen LogP contribution in [0, 0.1) is 5.92 Å². The molecule has 0 saturated carbocycles. The first kappa shape index (κ1) is 34.8. The van der Waals surface area contributed by atoms with Crippen LogP contribution in [0.25, 0.3) is 10.9 Å². The number of H-pyrrole nitrogens is 1. The average Bonchev–Trinajstić information content (AvgIpc) is 3.14. The number of benzene rings is 5. The van der Waals surface area contributed by atoms with E-state index in [-0.39, 0.29) is 23.1 Å². The standard InChI is InChI=1S/C24H19NO5.C17H21NO/c26-20-14-12-17-18(22(27)24(28)29)11-13-19(21(17)25-20)30-23(15-7-3-1-4-8-15)16-9-5-2-6-10-16;1-13(2)16(18)17(19,14-9-5-3-6-10-14)15-11-7-4-8-12-15/h1-14,22-23,27H,(H,25,26)(H,28,29);3-13,16,19H,18H2,1-2H3/t;16-/m.1/s1. The number of aliphatic hydroxyl groups is 2. The molecule has 1 aromatic heterocycles. The molecule has 1 unspecified atom stereocenters. The molecule has 8 nitrogen and oxygen atoms in total. The van der Waals surface area contributed by atoms with Gasteiger partial charge in [0.25, 0.3) is 0 Å². The Morgan fingerprint density at radius 1 is 0.714 bits per heavy atom. The summed E-state index contributed by atoms with van der Waals surface area (Å²) in [4.78, 5) is 26.0. The molecule has 0 aliphatic carbocycles. The zero-order valence-corrected chi connectivity index (χ0v) is 27.3. The number of rotatable bonds is 10. The molecule has 5 aromatic carbocycles. The Morgan fingerprint density at radius 2 is 1.18 bits per heavy atom. The highest BCUT2D eigenvalue weighted by molar-refractivity contribution is 5.91. The van der Waals surface area contributed by atoms with Gasteiger partial charge in [-0.1, -0.05) is 141 Å². The molecule has 6 rings (SSSR count). The summed E-state index contributed by atoms with van der Waals surface area (Å²) >= 11 is 0. The fraction of sp³-hybridized carbons (Fsp3) is 0.171. The minimum Gasteiger partial charge on any atom is -0.479 e. The van der Waals surface area contributed by atoms with Gasteiger partial charge < -0.3 is 30.8 Å². The number of pyridine rings is 1. The van der Waals surface area contributed by atoms with Crippen LogP contribution >= 0.6 is 0 Å². The number of carbonyl (C=O) groups is 1. The van der Waals surface area contributed by atoms with E-state index in [0.29, 0.717) is 16.7 Å². The van der Waals surface area contributed by atoms with E-state index in [2.05, 4.69) is 4.98 Å². The van der Waals surface area contributed by atoms with Gasteiger partial charge in [-0.2, -0.15) is 0 Å². The zero-order chi connectivity index (χ0) is 35.0. The minimum atomic E-state index is -1.72. The Bertz CT molecular complexity index is 1940. The molecular formula is C41H40N2O6. The van der Waals surface area contributed by atoms with Crippen molar-refractivity contribution in [2.24, 2.45) is 11.7 Å². The highest BCUT2D eigenvalue weighted by Crippen LogP contribution is 2.36. The van der Waals surface area contributed by atoms with Crippen molar-refractivity contribution in [2.75, 3.05) is 0 Å². The molecular weight excluding hydrogens is 616 g/mol.